The van der Waals surface area contributed by atoms with Gasteiger partial charge in [-0.1, -0.05) is 5.16 Å². The summed E-state index contributed by atoms with van der Waals surface area (Å²) in [4.78, 5) is 0. The minimum atomic E-state index is -0.402. The van der Waals surface area contributed by atoms with Gasteiger partial charge in [0.2, 0.25) is 0 Å². The van der Waals surface area contributed by atoms with Crippen LogP contribution in [-0.4, -0.2) is 21.2 Å². The van der Waals surface area contributed by atoms with Crippen molar-refractivity contribution in [2.75, 3.05) is 0 Å². The maximum Gasteiger partial charge on any atom is 0.0954 e. The molecule has 1 N–H and O–H groups in total. The van der Waals surface area contributed by atoms with Crippen LogP contribution < -0.4 is 0 Å². The zero-order valence-electron chi connectivity index (χ0n) is 6.90. The highest BCUT2D eigenvalue weighted by Gasteiger charge is 2.18. The lowest BCUT2D eigenvalue weighted by molar-refractivity contribution is 0.311. The minimum Gasteiger partial charge on any atom is -0.411 e. The van der Waals surface area contributed by atoms with Gasteiger partial charge in [-0.3, -0.25) is 4.68 Å². The van der Waals surface area contributed by atoms with Crippen LogP contribution in [0, 0.1) is 0 Å². The predicted octanol–water partition coefficient (Wildman–Crippen LogP) is 1.84. The average molecular weight is 232 g/mol. The maximum absolute atomic E-state index is 8.39. The average Bonchev–Trinajstić information content (AvgIpc) is 2.36. The summed E-state index contributed by atoms with van der Waals surface area (Å²) in [6.45, 7) is 3.79. The summed E-state index contributed by atoms with van der Waals surface area (Å²) in [5.41, 5.74) is -0.402. The Morgan fingerprint density at radius 2 is 2.42 bits per heavy atom. The molecule has 4 nitrogen and oxygen atoms in total. The lowest BCUT2D eigenvalue weighted by atomic mass is 10.1. The summed E-state index contributed by atoms with van der Waals surface area (Å²) >= 11 is 3.29. The summed E-state index contributed by atoms with van der Waals surface area (Å²) in [7, 11) is 0. The van der Waals surface area contributed by atoms with Gasteiger partial charge in [-0.15, -0.1) is 0 Å². The van der Waals surface area contributed by atoms with Crippen molar-refractivity contribution in [2.24, 2.45) is 5.16 Å². The van der Waals surface area contributed by atoms with E-state index in [0.717, 1.165) is 4.47 Å². The van der Waals surface area contributed by atoms with Crippen molar-refractivity contribution < 1.29 is 5.21 Å². The Hall–Kier alpha value is -0.840. The predicted molar refractivity (Wildman–Crippen MR) is 49.5 cm³/mol. The van der Waals surface area contributed by atoms with E-state index < -0.39 is 5.54 Å². The van der Waals surface area contributed by atoms with Crippen molar-refractivity contribution in [3.8, 4) is 0 Å². The van der Waals surface area contributed by atoms with E-state index >= 15 is 0 Å². The van der Waals surface area contributed by atoms with Crippen molar-refractivity contribution in [2.45, 2.75) is 19.4 Å². The monoisotopic (exact) mass is 231 g/mol. The highest BCUT2D eigenvalue weighted by atomic mass is 79.9. The fourth-order valence-corrected chi connectivity index (χ4v) is 1.10. The summed E-state index contributed by atoms with van der Waals surface area (Å²) in [6.07, 6.45) is 4.93. The van der Waals surface area contributed by atoms with Crippen LogP contribution in [0.2, 0.25) is 0 Å². The number of oxime groups is 1. The molecular weight excluding hydrogens is 222 g/mol. The molecule has 0 aliphatic rings. The maximum atomic E-state index is 8.39. The minimum absolute atomic E-state index is 0.402. The molecule has 1 heterocycles. The van der Waals surface area contributed by atoms with Crippen LogP contribution in [0.5, 0.6) is 0 Å². The van der Waals surface area contributed by atoms with Gasteiger partial charge in [0.15, 0.2) is 0 Å². The Bertz CT molecular complexity index is 293. The molecule has 1 aromatic heterocycles. The molecule has 0 saturated carbocycles. The van der Waals surface area contributed by atoms with Gasteiger partial charge < -0.3 is 5.21 Å². The van der Waals surface area contributed by atoms with Gasteiger partial charge in [0.1, 0.15) is 0 Å². The lowest BCUT2D eigenvalue weighted by Crippen LogP contribution is -2.28. The van der Waals surface area contributed by atoms with Crippen LogP contribution >= 0.6 is 15.9 Å². The quantitative estimate of drug-likeness (QED) is 0.480. The number of halogens is 1. The Labute approximate surface area is 79.0 Å². The van der Waals surface area contributed by atoms with Crippen molar-refractivity contribution >= 4 is 22.1 Å². The van der Waals surface area contributed by atoms with E-state index in [1.807, 2.05) is 20.0 Å². The van der Waals surface area contributed by atoms with E-state index in [9.17, 15) is 0 Å². The first kappa shape index (κ1) is 9.25. The molecule has 66 valence electrons. The molecule has 0 spiro atoms. The molecule has 0 bridgehead atoms. The molecule has 1 rings (SSSR count). The van der Waals surface area contributed by atoms with Crippen molar-refractivity contribution in [1.29, 1.82) is 0 Å². The number of hydrogen-bond acceptors (Lipinski definition) is 3. The molecule has 12 heavy (non-hydrogen) atoms. The van der Waals surface area contributed by atoms with E-state index in [2.05, 4.69) is 26.2 Å². The van der Waals surface area contributed by atoms with Crippen LogP contribution in [0.25, 0.3) is 0 Å². The van der Waals surface area contributed by atoms with Crippen LogP contribution in [0.15, 0.2) is 22.0 Å². The highest BCUT2D eigenvalue weighted by molar-refractivity contribution is 9.10. The highest BCUT2D eigenvalue weighted by Crippen LogP contribution is 2.15. The third kappa shape index (κ3) is 1.85. The normalized spacial score (nSPS) is 12.6. The first-order valence-electron chi connectivity index (χ1n) is 3.45. The molecule has 0 radical (unpaired) electrons. The molecule has 5 heteroatoms. The Kier molecular flexibility index (Phi) is 2.52. The number of aromatic nitrogens is 2. The first-order chi connectivity index (χ1) is 5.56. The van der Waals surface area contributed by atoms with Gasteiger partial charge in [0, 0.05) is 6.20 Å². The molecule has 0 aliphatic heterocycles. The molecule has 0 unspecified atom stereocenters. The summed E-state index contributed by atoms with van der Waals surface area (Å²) in [5, 5.41) is 15.5. The van der Waals surface area contributed by atoms with E-state index in [1.54, 1.807) is 10.9 Å². The number of hydrogen-bond donors (Lipinski definition) is 1. The number of rotatable bonds is 2. The topological polar surface area (TPSA) is 50.4 Å². The van der Waals surface area contributed by atoms with Crippen molar-refractivity contribution in [3.63, 3.8) is 0 Å². The van der Waals surface area contributed by atoms with Gasteiger partial charge in [-0.05, 0) is 29.8 Å². The van der Waals surface area contributed by atoms with E-state index in [1.165, 1.54) is 6.21 Å². The molecular formula is C7H10BrN3O. The molecule has 0 fully saturated rings. The van der Waals surface area contributed by atoms with Gasteiger partial charge in [-0.2, -0.15) is 5.10 Å². The van der Waals surface area contributed by atoms with Gasteiger partial charge in [0.05, 0.1) is 22.4 Å². The van der Waals surface area contributed by atoms with Crippen LogP contribution in [0.3, 0.4) is 0 Å². The third-order valence-corrected chi connectivity index (χ3v) is 1.92. The van der Waals surface area contributed by atoms with Crippen molar-refractivity contribution in [1.82, 2.24) is 9.78 Å². The summed E-state index contributed by atoms with van der Waals surface area (Å²) in [6, 6.07) is 0. The number of nitrogens with zero attached hydrogens (tertiary/aromatic N) is 3. The van der Waals surface area contributed by atoms with Gasteiger partial charge in [-0.25, -0.2) is 0 Å². The Balaban J connectivity index is 2.96. The zero-order chi connectivity index (χ0) is 9.19. The van der Waals surface area contributed by atoms with Gasteiger partial charge >= 0.3 is 0 Å². The molecule has 0 saturated heterocycles. The zero-order valence-corrected chi connectivity index (χ0v) is 8.48. The molecule has 0 aromatic carbocycles. The summed E-state index contributed by atoms with van der Waals surface area (Å²) in [5.74, 6) is 0. The largest absolute Gasteiger partial charge is 0.411 e. The lowest BCUT2D eigenvalue weighted by Gasteiger charge is -2.18. The summed E-state index contributed by atoms with van der Waals surface area (Å²) < 4.78 is 2.61. The van der Waals surface area contributed by atoms with Crippen LogP contribution in [0.4, 0.5) is 0 Å². The molecule has 0 amide bonds. The third-order valence-electron chi connectivity index (χ3n) is 1.52. The molecule has 1 aromatic rings. The second-order valence-corrected chi connectivity index (χ2v) is 3.92. The van der Waals surface area contributed by atoms with Crippen LogP contribution in [0.1, 0.15) is 13.8 Å². The molecule has 0 aliphatic carbocycles. The standard InChI is InChI=1S/C7H10BrN3O/c1-7(2,5-10-12)11-4-6(8)3-9-11/h3-5,12H,1-2H3. The smallest absolute Gasteiger partial charge is 0.0954 e. The fourth-order valence-electron chi connectivity index (χ4n) is 0.816. The van der Waals surface area contributed by atoms with E-state index in [0.29, 0.717) is 0 Å². The Morgan fingerprint density at radius 3 is 2.83 bits per heavy atom. The van der Waals surface area contributed by atoms with Crippen molar-refractivity contribution in [3.05, 3.63) is 16.9 Å². The second-order valence-electron chi connectivity index (χ2n) is 3.00. The van der Waals surface area contributed by atoms with E-state index in [4.69, 9.17) is 5.21 Å². The molecule has 0 atom stereocenters. The SMILES string of the molecule is CC(C)(C=NO)n1cc(Br)cn1. The van der Waals surface area contributed by atoms with Gasteiger partial charge in [0.25, 0.3) is 0 Å². The first-order valence-corrected chi connectivity index (χ1v) is 4.25. The Morgan fingerprint density at radius 1 is 1.75 bits per heavy atom. The second kappa shape index (κ2) is 3.26. The fraction of sp³-hybridized carbons (Fsp3) is 0.429. The van der Waals surface area contributed by atoms with Crippen LogP contribution in [-0.2, 0) is 5.54 Å². The van der Waals surface area contributed by atoms with E-state index in [-0.39, 0.29) is 0 Å².